The van der Waals surface area contributed by atoms with E-state index in [1.165, 1.54) is 24.3 Å². The van der Waals surface area contributed by atoms with Gasteiger partial charge in [0.15, 0.2) is 0 Å². The van der Waals surface area contributed by atoms with E-state index in [1.807, 2.05) is 30.3 Å². The third kappa shape index (κ3) is 5.11. The predicted octanol–water partition coefficient (Wildman–Crippen LogP) is 4.06. The number of hydrogen-bond donors (Lipinski definition) is 1. The lowest BCUT2D eigenvalue weighted by Gasteiger charge is -2.12. The van der Waals surface area contributed by atoms with Crippen LogP contribution >= 0.6 is 0 Å². The molecule has 0 radical (unpaired) electrons. The first-order valence-corrected chi connectivity index (χ1v) is 8.59. The third-order valence-electron chi connectivity index (χ3n) is 3.77. The molecule has 6 heteroatoms. The van der Waals surface area contributed by atoms with Crippen molar-refractivity contribution in [1.29, 1.82) is 0 Å². The van der Waals surface area contributed by atoms with Gasteiger partial charge >= 0.3 is 11.9 Å². The zero-order chi connectivity index (χ0) is 19.8. The van der Waals surface area contributed by atoms with E-state index in [2.05, 4.69) is 0 Å². The minimum Gasteiger partial charge on any atom is -0.490 e. The zero-order valence-corrected chi connectivity index (χ0v) is 14.9. The van der Waals surface area contributed by atoms with Crippen molar-refractivity contribution in [1.82, 2.24) is 0 Å². The number of benzene rings is 3. The molecule has 0 aliphatic heterocycles. The quantitative estimate of drug-likeness (QED) is 0.362. The lowest BCUT2D eigenvalue weighted by atomic mass is 10.2. The molecule has 0 saturated heterocycles. The van der Waals surface area contributed by atoms with Crippen molar-refractivity contribution in [3.8, 4) is 17.2 Å². The van der Waals surface area contributed by atoms with Crippen LogP contribution in [0.15, 0.2) is 78.9 Å². The van der Waals surface area contributed by atoms with Crippen LogP contribution in [0.1, 0.15) is 20.7 Å². The Bertz CT molecular complexity index is 935. The van der Waals surface area contributed by atoms with Gasteiger partial charge in [0, 0.05) is 0 Å². The maximum absolute atomic E-state index is 12.5. The smallest absolute Gasteiger partial charge is 0.347 e. The van der Waals surface area contributed by atoms with Gasteiger partial charge < -0.3 is 19.3 Å². The number of ether oxygens (including phenoxy) is 3. The summed E-state index contributed by atoms with van der Waals surface area (Å²) < 4.78 is 16.5. The fourth-order valence-electron chi connectivity index (χ4n) is 2.42. The van der Waals surface area contributed by atoms with Gasteiger partial charge in [0.25, 0.3) is 0 Å². The van der Waals surface area contributed by atoms with Crippen LogP contribution in [0.25, 0.3) is 0 Å². The molecule has 0 amide bonds. The second-order valence-electron chi connectivity index (χ2n) is 5.73. The van der Waals surface area contributed by atoms with Crippen molar-refractivity contribution >= 4 is 11.9 Å². The number of carbonyl (C=O) groups excluding carboxylic acids is 1. The van der Waals surface area contributed by atoms with Crippen molar-refractivity contribution in [2.24, 2.45) is 0 Å². The summed E-state index contributed by atoms with van der Waals surface area (Å²) in [6.07, 6.45) is 0. The van der Waals surface area contributed by atoms with Gasteiger partial charge in [0.2, 0.25) is 0 Å². The van der Waals surface area contributed by atoms with E-state index in [0.29, 0.717) is 12.4 Å². The van der Waals surface area contributed by atoms with E-state index >= 15 is 0 Å². The van der Waals surface area contributed by atoms with Crippen LogP contribution in [0.5, 0.6) is 17.2 Å². The van der Waals surface area contributed by atoms with Gasteiger partial charge in [-0.15, -0.1) is 0 Å². The molecule has 28 heavy (non-hydrogen) atoms. The molecule has 0 heterocycles. The van der Waals surface area contributed by atoms with Gasteiger partial charge in [-0.1, -0.05) is 30.3 Å². The summed E-state index contributed by atoms with van der Waals surface area (Å²) in [6, 6.07) is 21.7. The van der Waals surface area contributed by atoms with E-state index in [0.717, 1.165) is 5.75 Å². The molecule has 0 fully saturated rings. The summed E-state index contributed by atoms with van der Waals surface area (Å²) in [7, 11) is 0. The highest BCUT2D eigenvalue weighted by Crippen LogP contribution is 2.21. The molecule has 1 N–H and O–H groups in total. The molecule has 142 valence electrons. The van der Waals surface area contributed by atoms with Crippen LogP contribution < -0.4 is 14.2 Å². The number of carboxylic acids is 1. The first-order chi connectivity index (χ1) is 13.6. The van der Waals surface area contributed by atoms with Crippen LogP contribution in [0.3, 0.4) is 0 Å². The van der Waals surface area contributed by atoms with Gasteiger partial charge in [-0.2, -0.15) is 0 Å². The first kappa shape index (κ1) is 19.0. The summed E-state index contributed by atoms with van der Waals surface area (Å²) in [4.78, 5) is 23.3. The lowest BCUT2D eigenvalue weighted by molar-refractivity contribution is 0.0696. The highest BCUT2D eigenvalue weighted by molar-refractivity contribution is 5.94. The van der Waals surface area contributed by atoms with Gasteiger partial charge in [-0.3, -0.25) is 0 Å². The Kier molecular flexibility index (Phi) is 6.25. The number of carbonyl (C=O) groups is 2. The number of esters is 1. The van der Waals surface area contributed by atoms with E-state index in [4.69, 9.17) is 19.3 Å². The molecule has 0 aliphatic rings. The Morgan fingerprint density at radius 3 is 2.07 bits per heavy atom. The Balaban J connectivity index is 1.59. The van der Waals surface area contributed by atoms with Crippen molar-refractivity contribution in [2.45, 2.75) is 0 Å². The average molecular weight is 378 g/mol. The second kappa shape index (κ2) is 9.23. The lowest BCUT2D eigenvalue weighted by Crippen LogP contribution is -2.14. The molecule has 0 unspecified atom stereocenters. The van der Waals surface area contributed by atoms with Crippen LogP contribution in [-0.4, -0.2) is 30.3 Å². The third-order valence-corrected chi connectivity index (χ3v) is 3.77. The fraction of sp³-hybridized carbons (Fsp3) is 0.0909. The summed E-state index contributed by atoms with van der Waals surface area (Å²) in [5.41, 5.74) is 0.381. The SMILES string of the molecule is O=C(O)c1ccc(OC(=O)c2ccccc2OCCOc2ccccc2)cc1. The predicted molar refractivity (Wildman–Crippen MR) is 102 cm³/mol. The topological polar surface area (TPSA) is 82.1 Å². The molecule has 3 rings (SSSR count). The summed E-state index contributed by atoms with van der Waals surface area (Å²) in [5, 5.41) is 8.91. The summed E-state index contributed by atoms with van der Waals surface area (Å²) in [6.45, 7) is 0.580. The Morgan fingerprint density at radius 2 is 1.36 bits per heavy atom. The maximum atomic E-state index is 12.5. The largest absolute Gasteiger partial charge is 0.490 e. The molecule has 6 nitrogen and oxygen atoms in total. The number of aromatic carboxylic acids is 1. The van der Waals surface area contributed by atoms with Crippen LogP contribution in [-0.2, 0) is 0 Å². The van der Waals surface area contributed by atoms with Gasteiger partial charge in [0.05, 0.1) is 5.56 Å². The summed E-state index contributed by atoms with van der Waals surface area (Å²) >= 11 is 0. The zero-order valence-electron chi connectivity index (χ0n) is 14.9. The van der Waals surface area contributed by atoms with Gasteiger partial charge in [-0.05, 0) is 48.5 Å². The van der Waals surface area contributed by atoms with E-state index < -0.39 is 11.9 Å². The minimum absolute atomic E-state index is 0.113. The Labute approximate surface area is 161 Å². The highest BCUT2D eigenvalue weighted by atomic mass is 16.5. The second-order valence-corrected chi connectivity index (χ2v) is 5.73. The average Bonchev–Trinajstić information content (AvgIpc) is 2.72. The molecule has 0 aromatic heterocycles. The molecule has 0 saturated carbocycles. The first-order valence-electron chi connectivity index (χ1n) is 8.59. The van der Waals surface area contributed by atoms with Crippen molar-refractivity contribution in [3.63, 3.8) is 0 Å². The molecule has 0 spiro atoms. The van der Waals surface area contributed by atoms with Crippen molar-refractivity contribution in [3.05, 3.63) is 90.0 Å². The van der Waals surface area contributed by atoms with Crippen LogP contribution in [0.4, 0.5) is 0 Å². The Morgan fingerprint density at radius 1 is 0.714 bits per heavy atom. The monoisotopic (exact) mass is 378 g/mol. The number of rotatable bonds is 8. The number of para-hydroxylation sites is 2. The normalized spacial score (nSPS) is 10.1. The number of hydrogen-bond acceptors (Lipinski definition) is 5. The number of carboxylic acid groups (broad SMARTS) is 1. The molecule has 0 atom stereocenters. The van der Waals surface area contributed by atoms with Crippen molar-refractivity contribution in [2.75, 3.05) is 13.2 Å². The maximum Gasteiger partial charge on any atom is 0.347 e. The van der Waals surface area contributed by atoms with E-state index in [9.17, 15) is 9.59 Å². The molecule has 0 bridgehead atoms. The van der Waals surface area contributed by atoms with Gasteiger partial charge in [0.1, 0.15) is 36.0 Å². The van der Waals surface area contributed by atoms with Crippen LogP contribution in [0, 0.1) is 0 Å². The van der Waals surface area contributed by atoms with E-state index in [1.54, 1.807) is 24.3 Å². The standard InChI is InChI=1S/C22H18O6/c23-21(24)16-10-12-18(13-11-16)28-22(25)19-8-4-5-9-20(19)27-15-14-26-17-6-2-1-3-7-17/h1-13H,14-15H2,(H,23,24). The molecule has 3 aromatic rings. The highest BCUT2D eigenvalue weighted by Gasteiger charge is 2.15. The Hall–Kier alpha value is -3.80. The summed E-state index contributed by atoms with van der Waals surface area (Å²) in [5.74, 6) is -0.274. The minimum atomic E-state index is -1.05. The molecular formula is C22H18O6. The van der Waals surface area contributed by atoms with Crippen LogP contribution in [0.2, 0.25) is 0 Å². The fourth-order valence-corrected chi connectivity index (χ4v) is 2.42. The van der Waals surface area contributed by atoms with Crippen molar-refractivity contribution < 1.29 is 28.9 Å². The molecular weight excluding hydrogens is 360 g/mol. The molecule has 0 aliphatic carbocycles. The van der Waals surface area contributed by atoms with E-state index in [-0.39, 0.29) is 23.5 Å². The van der Waals surface area contributed by atoms with Gasteiger partial charge in [-0.25, -0.2) is 9.59 Å². The molecule has 3 aromatic carbocycles.